The molecule has 1 aliphatic heterocycles. The van der Waals surface area contributed by atoms with Gasteiger partial charge in [-0.2, -0.15) is 0 Å². The maximum Gasteiger partial charge on any atom is 0.0641 e. The molecule has 0 radical (unpaired) electrons. The Kier molecular flexibility index (Phi) is 2.11. The maximum absolute atomic E-state index is 5.23. The van der Waals surface area contributed by atoms with Crippen LogP contribution in [0.5, 0.6) is 0 Å². The minimum atomic E-state index is 0.836. The van der Waals surface area contributed by atoms with E-state index in [0.29, 0.717) is 0 Å². The van der Waals surface area contributed by atoms with Crippen LogP contribution in [-0.2, 0) is 4.74 Å². The molecule has 2 heteroatoms. The van der Waals surface area contributed by atoms with Crippen LogP contribution in [0.1, 0.15) is 6.42 Å². The predicted molar refractivity (Wildman–Crippen MR) is 37.2 cm³/mol. The van der Waals surface area contributed by atoms with E-state index in [1.807, 2.05) is 0 Å². The van der Waals surface area contributed by atoms with Crippen LogP contribution in [0.2, 0.25) is 0 Å². The summed E-state index contributed by atoms with van der Waals surface area (Å²) in [6.07, 6.45) is 0.983. The van der Waals surface area contributed by atoms with Gasteiger partial charge in [0, 0.05) is 25.7 Å². The summed E-state index contributed by atoms with van der Waals surface area (Å²) in [5, 5.41) is 0. The average molecular weight is 127 g/mol. The highest BCUT2D eigenvalue weighted by Gasteiger charge is 2.05. The molecule has 2 nitrogen and oxygen atoms in total. The monoisotopic (exact) mass is 127 g/mol. The number of ether oxygens (including phenoxy) is 1. The largest absolute Gasteiger partial charge is 0.379 e. The molecule has 0 saturated carbocycles. The number of rotatable bonds is 0. The molecule has 0 spiro atoms. The molecule has 0 N–H and O–H groups in total. The summed E-state index contributed by atoms with van der Waals surface area (Å²) in [6, 6.07) is 0. The fraction of sp³-hybridized carbons (Fsp3) is 0.714. The SMILES string of the molecule is C=C1CCOCCN1C. The van der Waals surface area contributed by atoms with Gasteiger partial charge >= 0.3 is 0 Å². The van der Waals surface area contributed by atoms with E-state index in [1.165, 1.54) is 5.70 Å². The van der Waals surface area contributed by atoms with E-state index in [2.05, 4.69) is 18.5 Å². The molecule has 1 heterocycles. The molecule has 0 unspecified atom stereocenters. The third kappa shape index (κ3) is 1.72. The first-order valence-corrected chi connectivity index (χ1v) is 3.27. The summed E-state index contributed by atoms with van der Waals surface area (Å²) in [5.74, 6) is 0. The molecule has 0 aliphatic carbocycles. The van der Waals surface area contributed by atoms with E-state index >= 15 is 0 Å². The third-order valence-corrected chi connectivity index (χ3v) is 1.65. The molecule has 0 aromatic heterocycles. The zero-order valence-electron chi connectivity index (χ0n) is 5.89. The van der Waals surface area contributed by atoms with Crippen LogP contribution in [-0.4, -0.2) is 31.7 Å². The summed E-state index contributed by atoms with van der Waals surface area (Å²) in [7, 11) is 2.05. The smallest absolute Gasteiger partial charge is 0.0641 e. The highest BCUT2D eigenvalue weighted by atomic mass is 16.5. The van der Waals surface area contributed by atoms with Gasteiger partial charge in [0.1, 0.15) is 0 Å². The van der Waals surface area contributed by atoms with E-state index in [-0.39, 0.29) is 0 Å². The fourth-order valence-corrected chi connectivity index (χ4v) is 0.842. The standard InChI is InChI=1S/C7H13NO/c1-7-3-5-9-6-4-8(7)2/h1,3-6H2,2H3. The zero-order chi connectivity index (χ0) is 6.69. The summed E-state index contributed by atoms with van der Waals surface area (Å²) >= 11 is 0. The lowest BCUT2D eigenvalue weighted by Crippen LogP contribution is -2.18. The summed E-state index contributed by atoms with van der Waals surface area (Å²) < 4.78 is 5.23. The molecule has 0 bridgehead atoms. The number of hydrogen-bond acceptors (Lipinski definition) is 2. The van der Waals surface area contributed by atoms with Gasteiger partial charge in [0.15, 0.2) is 0 Å². The van der Waals surface area contributed by atoms with Crippen LogP contribution in [0.3, 0.4) is 0 Å². The second-order valence-corrected chi connectivity index (χ2v) is 2.35. The van der Waals surface area contributed by atoms with Crippen molar-refractivity contribution < 1.29 is 4.74 Å². The molecular formula is C7H13NO. The third-order valence-electron chi connectivity index (χ3n) is 1.65. The second kappa shape index (κ2) is 2.87. The lowest BCUT2D eigenvalue weighted by atomic mass is 10.3. The Bertz CT molecular complexity index is 111. The number of nitrogens with zero attached hydrogens (tertiary/aromatic N) is 1. The van der Waals surface area contributed by atoms with Gasteiger partial charge in [0.25, 0.3) is 0 Å². The molecule has 1 fully saturated rings. The van der Waals surface area contributed by atoms with Crippen molar-refractivity contribution in [2.24, 2.45) is 0 Å². The molecule has 1 aliphatic rings. The fourth-order valence-electron chi connectivity index (χ4n) is 0.842. The van der Waals surface area contributed by atoms with Crippen LogP contribution in [0.25, 0.3) is 0 Å². The molecule has 9 heavy (non-hydrogen) atoms. The maximum atomic E-state index is 5.23. The molecule has 0 aromatic carbocycles. The van der Waals surface area contributed by atoms with Gasteiger partial charge in [-0.25, -0.2) is 0 Å². The minimum Gasteiger partial charge on any atom is -0.379 e. The van der Waals surface area contributed by atoms with Crippen LogP contribution in [0.15, 0.2) is 12.3 Å². The first kappa shape index (κ1) is 6.62. The van der Waals surface area contributed by atoms with Crippen molar-refractivity contribution in [3.8, 4) is 0 Å². The lowest BCUT2D eigenvalue weighted by Gasteiger charge is -2.16. The van der Waals surface area contributed by atoms with Gasteiger partial charge in [-0.1, -0.05) is 6.58 Å². The average Bonchev–Trinajstić information content (AvgIpc) is 1.99. The molecule has 0 aromatic rings. The van der Waals surface area contributed by atoms with Crippen LogP contribution >= 0.6 is 0 Å². The van der Waals surface area contributed by atoms with Gasteiger partial charge < -0.3 is 9.64 Å². The van der Waals surface area contributed by atoms with Crippen molar-refractivity contribution in [1.82, 2.24) is 4.90 Å². The van der Waals surface area contributed by atoms with Crippen molar-refractivity contribution in [3.63, 3.8) is 0 Å². The first-order valence-electron chi connectivity index (χ1n) is 3.27. The van der Waals surface area contributed by atoms with Crippen LogP contribution in [0.4, 0.5) is 0 Å². The van der Waals surface area contributed by atoms with Gasteiger partial charge in [-0.3, -0.25) is 0 Å². The molecule has 52 valence electrons. The highest BCUT2D eigenvalue weighted by molar-refractivity contribution is 4.93. The molecular weight excluding hydrogens is 114 g/mol. The van der Waals surface area contributed by atoms with Crippen molar-refractivity contribution in [1.29, 1.82) is 0 Å². The Balaban J connectivity index is 2.41. The van der Waals surface area contributed by atoms with Crippen molar-refractivity contribution in [3.05, 3.63) is 12.3 Å². The van der Waals surface area contributed by atoms with Crippen molar-refractivity contribution in [2.75, 3.05) is 26.8 Å². The van der Waals surface area contributed by atoms with Gasteiger partial charge in [-0.15, -0.1) is 0 Å². The topological polar surface area (TPSA) is 12.5 Å². The predicted octanol–water partition coefficient (Wildman–Crippen LogP) is 0.852. The number of hydrogen-bond donors (Lipinski definition) is 0. The van der Waals surface area contributed by atoms with Crippen LogP contribution < -0.4 is 0 Å². The summed E-state index contributed by atoms with van der Waals surface area (Å²) in [4.78, 5) is 2.15. The highest BCUT2D eigenvalue weighted by Crippen LogP contribution is 2.06. The lowest BCUT2D eigenvalue weighted by molar-refractivity contribution is 0.144. The Morgan fingerprint density at radius 1 is 1.56 bits per heavy atom. The first-order chi connectivity index (χ1) is 4.30. The van der Waals surface area contributed by atoms with E-state index < -0.39 is 0 Å². The molecule has 0 atom stereocenters. The Morgan fingerprint density at radius 2 is 2.33 bits per heavy atom. The Labute approximate surface area is 56.1 Å². The Morgan fingerprint density at radius 3 is 3.11 bits per heavy atom. The second-order valence-electron chi connectivity index (χ2n) is 2.35. The Hall–Kier alpha value is -0.500. The normalized spacial score (nSPS) is 21.9. The molecule has 1 saturated heterocycles. The van der Waals surface area contributed by atoms with Crippen molar-refractivity contribution in [2.45, 2.75) is 6.42 Å². The van der Waals surface area contributed by atoms with Gasteiger partial charge in [-0.05, 0) is 0 Å². The molecule has 0 amide bonds. The van der Waals surface area contributed by atoms with E-state index in [4.69, 9.17) is 4.74 Å². The van der Waals surface area contributed by atoms with E-state index in [9.17, 15) is 0 Å². The zero-order valence-corrected chi connectivity index (χ0v) is 5.89. The van der Waals surface area contributed by atoms with Gasteiger partial charge in [0.05, 0.1) is 13.2 Å². The molecule has 1 rings (SSSR count). The van der Waals surface area contributed by atoms with Gasteiger partial charge in [0.2, 0.25) is 0 Å². The van der Waals surface area contributed by atoms with Crippen LogP contribution in [0, 0.1) is 0 Å². The number of likely N-dealkylation sites (N-methyl/N-ethyl adjacent to an activating group) is 1. The summed E-state index contributed by atoms with van der Waals surface area (Å²) in [5.41, 5.74) is 1.19. The minimum absolute atomic E-state index is 0.836. The quantitative estimate of drug-likeness (QED) is 0.478. The van der Waals surface area contributed by atoms with E-state index in [1.54, 1.807) is 0 Å². The van der Waals surface area contributed by atoms with Crippen molar-refractivity contribution >= 4 is 0 Å². The summed E-state index contributed by atoms with van der Waals surface area (Å²) in [6.45, 7) is 6.57. The van der Waals surface area contributed by atoms with E-state index in [0.717, 1.165) is 26.2 Å².